The fourth-order valence-corrected chi connectivity index (χ4v) is 4.81. The Morgan fingerprint density at radius 3 is 2.67 bits per heavy atom. The molecule has 1 saturated carbocycles. The molecule has 2 heterocycles. The van der Waals surface area contributed by atoms with Crippen LogP contribution in [0.5, 0.6) is 0 Å². The van der Waals surface area contributed by atoms with E-state index < -0.39 is 20.2 Å². The highest BCUT2D eigenvalue weighted by Gasteiger charge is 2.73. The summed E-state index contributed by atoms with van der Waals surface area (Å²) in [4.78, 5) is 12.1. The van der Waals surface area contributed by atoms with Gasteiger partial charge in [-0.3, -0.25) is 0 Å². The van der Waals surface area contributed by atoms with Crippen LogP contribution in [0.4, 0.5) is 0 Å². The highest BCUT2D eigenvalue weighted by molar-refractivity contribution is 6.74. The lowest BCUT2D eigenvalue weighted by molar-refractivity contribution is -0.148. The van der Waals surface area contributed by atoms with E-state index in [9.17, 15) is 9.90 Å². The average Bonchev–Trinajstić information content (AvgIpc) is 3.10. The number of fused-ring (bicyclic) bond motifs is 3. The van der Waals surface area contributed by atoms with E-state index in [1.807, 2.05) is 0 Å². The molecule has 0 radical (unpaired) electrons. The molecule has 0 aromatic heterocycles. The molecule has 136 valence electrons. The Labute approximate surface area is 144 Å². The van der Waals surface area contributed by atoms with E-state index in [1.165, 1.54) is 13.4 Å². The summed E-state index contributed by atoms with van der Waals surface area (Å²) in [5.74, 6) is -0.641. The van der Waals surface area contributed by atoms with Gasteiger partial charge < -0.3 is 23.7 Å². The minimum Gasteiger partial charge on any atom is -0.473 e. The number of carbonyl (C=O) groups is 1. The number of aliphatic hydroxyl groups excluding tert-OH is 1. The van der Waals surface area contributed by atoms with Crippen molar-refractivity contribution >= 4 is 14.3 Å². The largest absolute Gasteiger partial charge is 0.473 e. The Hall–Kier alpha value is -0.893. The maximum atomic E-state index is 12.1. The van der Waals surface area contributed by atoms with Crippen LogP contribution in [0.3, 0.4) is 0 Å². The lowest BCUT2D eigenvalue weighted by Gasteiger charge is -2.44. The summed E-state index contributed by atoms with van der Waals surface area (Å²) in [7, 11) is -0.709. The molecule has 2 aliphatic heterocycles. The van der Waals surface area contributed by atoms with Crippen molar-refractivity contribution in [2.45, 2.75) is 63.3 Å². The molecule has 0 spiro atoms. The molecule has 2 fully saturated rings. The smallest absolute Gasteiger partial charge is 0.337 e. The Balaban J connectivity index is 1.91. The summed E-state index contributed by atoms with van der Waals surface area (Å²) in [6.45, 7) is 10.7. The predicted molar refractivity (Wildman–Crippen MR) is 89.5 cm³/mol. The number of hydrogen-bond donors (Lipinski definition) is 1. The van der Waals surface area contributed by atoms with Crippen LogP contribution in [0.25, 0.3) is 0 Å². The fraction of sp³-hybridized carbons (Fsp3) is 0.824. The summed E-state index contributed by atoms with van der Waals surface area (Å²) < 4.78 is 23.0. The van der Waals surface area contributed by atoms with E-state index in [-0.39, 0.29) is 35.6 Å². The van der Waals surface area contributed by atoms with Gasteiger partial charge in [-0.1, -0.05) is 20.8 Å². The Kier molecular flexibility index (Phi) is 4.15. The van der Waals surface area contributed by atoms with Gasteiger partial charge in [0.1, 0.15) is 5.60 Å². The zero-order valence-electron chi connectivity index (χ0n) is 15.3. The SMILES string of the molecule is COC(=O)C1=COC(O[Si](C)(C)C(C)(C)C)C2[C@@H]1C[C@@H]1OC21CO. The lowest BCUT2D eigenvalue weighted by Crippen LogP contribution is -2.52. The van der Waals surface area contributed by atoms with Crippen molar-refractivity contribution in [3.8, 4) is 0 Å². The summed E-state index contributed by atoms with van der Waals surface area (Å²) in [6.07, 6.45) is 1.62. The number of methoxy groups -OCH3 is 1. The third-order valence-electron chi connectivity index (χ3n) is 6.22. The number of aliphatic hydroxyl groups is 1. The Morgan fingerprint density at radius 1 is 1.46 bits per heavy atom. The molecule has 1 N–H and O–H groups in total. The molecule has 3 aliphatic rings. The van der Waals surface area contributed by atoms with Crippen LogP contribution in [0.15, 0.2) is 11.8 Å². The van der Waals surface area contributed by atoms with Gasteiger partial charge in [0, 0.05) is 5.92 Å². The summed E-state index contributed by atoms with van der Waals surface area (Å²) >= 11 is 0. The standard InChI is InChI=1S/C17H28O6Si/c1-16(2,3)24(5,6)23-15-13-10(7-12-17(13,9-18)22-12)11(8-21-15)14(19)20-4/h8,10,12-13,15,18H,7,9H2,1-6H3/t10-,12+,13?,15?,17?/m1/s1. The predicted octanol–water partition coefficient (Wildman–Crippen LogP) is 2.19. The third-order valence-corrected chi connectivity index (χ3v) is 10.7. The summed E-state index contributed by atoms with van der Waals surface area (Å²) in [6, 6.07) is 0. The van der Waals surface area contributed by atoms with Gasteiger partial charge in [0.2, 0.25) is 0 Å². The van der Waals surface area contributed by atoms with Crippen molar-refractivity contribution in [1.82, 2.24) is 0 Å². The zero-order chi connectivity index (χ0) is 17.9. The number of epoxide rings is 1. The molecule has 6 nitrogen and oxygen atoms in total. The number of hydrogen-bond acceptors (Lipinski definition) is 6. The molecule has 7 heteroatoms. The second-order valence-electron chi connectivity index (χ2n) is 8.53. The lowest BCUT2D eigenvalue weighted by atomic mass is 9.82. The molecule has 5 atom stereocenters. The quantitative estimate of drug-likeness (QED) is 0.473. The molecule has 0 aromatic rings. The van der Waals surface area contributed by atoms with Crippen molar-refractivity contribution in [3.05, 3.63) is 11.8 Å². The number of ether oxygens (including phenoxy) is 3. The van der Waals surface area contributed by atoms with Gasteiger partial charge >= 0.3 is 5.97 Å². The van der Waals surface area contributed by atoms with Crippen LogP contribution in [-0.4, -0.2) is 51.1 Å². The molecule has 0 bridgehead atoms. The molecular weight excluding hydrogens is 328 g/mol. The maximum absolute atomic E-state index is 12.1. The van der Waals surface area contributed by atoms with Crippen LogP contribution >= 0.6 is 0 Å². The summed E-state index contributed by atoms with van der Waals surface area (Å²) in [5.41, 5.74) is -0.133. The maximum Gasteiger partial charge on any atom is 0.337 e. The van der Waals surface area contributed by atoms with Crippen LogP contribution in [-0.2, 0) is 23.4 Å². The number of carbonyl (C=O) groups excluding carboxylic acids is 1. The van der Waals surface area contributed by atoms with Crippen LogP contribution in [0, 0.1) is 11.8 Å². The van der Waals surface area contributed by atoms with E-state index in [4.69, 9.17) is 18.6 Å². The molecule has 0 aromatic carbocycles. The second-order valence-corrected chi connectivity index (χ2v) is 13.3. The van der Waals surface area contributed by atoms with E-state index in [0.29, 0.717) is 12.0 Å². The fourth-order valence-electron chi connectivity index (χ4n) is 3.67. The Morgan fingerprint density at radius 2 is 2.12 bits per heavy atom. The van der Waals surface area contributed by atoms with Crippen molar-refractivity contribution in [2.75, 3.05) is 13.7 Å². The third kappa shape index (κ3) is 2.53. The monoisotopic (exact) mass is 356 g/mol. The molecular formula is C17H28O6Si. The van der Waals surface area contributed by atoms with Crippen molar-refractivity contribution in [2.24, 2.45) is 11.8 Å². The molecule has 1 saturated heterocycles. The second kappa shape index (κ2) is 5.55. The van der Waals surface area contributed by atoms with Crippen molar-refractivity contribution < 1.29 is 28.5 Å². The first-order chi connectivity index (χ1) is 11.1. The summed E-state index contributed by atoms with van der Waals surface area (Å²) in [5, 5.41) is 9.94. The molecule has 0 amide bonds. The van der Waals surface area contributed by atoms with E-state index in [0.717, 1.165) is 0 Å². The molecule has 24 heavy (non-hydrogen) atoms. The van der Waals surface area contributed by atoms with Crippen LogP contribution in [0.2, 0.25) is 18.1 Å². The van der Waals surface area contributed by atoms with Crippen LogP contribution in [0.1, 0.15) is 27.2 Å². The van der Waals surface area contributed by atoms with Gasteiger partial charge in [-0.15, -0.1) is 0 Å². The van der Waals surface area contributed by atoms with Gasteiger partial charge in [0.15, 0.2) is 14.6 Å². The topological polar surface area (TPSA) is 77.5 Å². The van der Waals surface area contributed by atoms with E-state index >= 15 is 0 Å². The minimum absolute atomic E-state index is 0.0347. The molecule has 1 aliphatic carbocycles. The first-order valence-electron chi connectivity index (χ1n) is 8.48. The van der Waals surface area contributed by atoms with E-state index in [1.54, 1.807) is 0 Å². The van der Waals surface area contributed by atoms with Gasteiger partial charge in [0.25, 0.3) is 0 Å². The first-order valence-corrected chi connectivity index (χ1v) is 11.4. The number of rotatable bonds is 4. The highest BCUT2D eigenvalue weighted by Crippen LogP contribution is 2.61. The van der Waals surface area contributed by atoms with Gasteiger partial charge in [-0.2, -0.15) is 0 Å². The highest BCUT2D eigenvalue weighted by atomic mass is 28.4. The molecule has 3 unspecified atom stereocenters. The van der Waals surface area contributed by atoms with Gasteiger partial charge in [-0.25, -0.2) is 4.79 Å². The Bertz CT molecular complexity index is 562. The van der Waals surface area contributed by atoms with Crippen molar-refractivity contribution in [3.63, 3.8) is 0 Å². The van der Waals surface area contributed by atoms with Gasteiger partial charge in [0.05, 0.1) is 37.6 Å². The van der Waals surface area contributed by atoms with E-state index in [2.05, 4.69) is 33.9 Å². The van der Waals surface area contributed by atoms with Crippen molar-refractivity contribution in [1.29, 1.82) is 0 Å². The normalized spacial score (nSPS) is 37.9. The number of esters is 1. The molecule has 3 rings (SSSR count). The first kappa shape index (κ1) is 17.9. The zero-order valence-corrected chi connectivity index (χ0v) is 16.3. The minimum atomic E-state index is -2.07. The van der Waals surface area contributed by atoms with Gasteiger partial charge in [-0.05, 0) is 24.6 Å². The average molecular weight is 356 g/mol. The van der Waals surface area contributed by atoms with Crippen LogP contribution < -0.4 is 0 Å².